The monoisotopic (exact) mass is 472 g/mol. The Kier molecular flexibility index (Phi) is 6.10. The molecule has 1 heterocycles. The van der Waals surface area contributed by atoms with Crippen LogP contribution in [0.15, 0.2) is 78.9 Å². The SMILES string of the molecule is Cc1c(-c2ccccc2)nnn1N(C(=O)c1ccccc1[N+](=O)[O-])C(=O)c1ccccc1[N+](=O)[O-]. The number of hydrogen-bond donors (Lipinski definition) is 0. The van der Waals surface area contributed by atoms with E-state index in [1.54, 1.807) is 37.3 Å². The van der Waals surface area contributed by atoms with Gasteiger partial charge in [0, 0.05) is 17.7 Å². The summed E-state index contributed by atoms with van der Waals surface area (Å²) < 4.78 is 0. The normalized spacial score (nSPS) is 10.5. The van der Waals surface area contributed by atoms with Gasteiger partial charge in [0.05, 0.1) is 15.5 Å². The third kappa shape index (κ3) is 4.23. The van der Waals surface area contributed by atoms with E-state index in [9.17, 15) is 29.8 Å². The molecular formula is C23H16N6O6. The van der Waals surface area contributed by atoms with Crippen LogP contribution in [0.5, 0.6) is 0 Å². The summed E-state index contributed by atoms with van der Waals surface area (Å²) >= 11 is 0. The number of rotatable bonds is 6. The fraction of sp³-hybridized carbons (Fsp3) is 0.0435. The molecule has 2 amide bonds. The summed E-state index contributed by atoms with van der Waals surface area (Å²) in [5.74, 6) is -2.21. The van der Waals surface area contributed by atoms with Crippen LogP contribution < -0.4 is 5.01 Å². The van der Waals surface area contributed by atoms with Crippen molar-refractivity contribution in [3.8, 4) is 11.3 Å². The molecule has 12 heteroatoms. The van der Waals surface area contributed by atoms with Crippen LogP contribution in [0.4, 0.5) is 11.4 Å². The summed E-state index contributed by atoms with van der Waals surface area (Å²) in [6.07, 6.45) is 0. The Morgan fingerprint density at radius 2 is 1.23 bits per heavy atom. The zero-order valence-electron chi connectivity index (χ0n) is 18.1. The Hall–Kier alpha value is -5.26. The van der Waals surface area contributed by atoms with Gasteiger partial charge < -0.3 is 0 Å². The first kappa shape index (κ1) is 22.9. The Morgan fingerprint density at radius 3 is 1.71 bits per heavy atom. The molecule has 35 heavy (non-hydrogen) atoms. The second kappa shape index (κ2) is 9.31. The number of carbonyl (C=O) groups is 2. The van der Waals surface area contributed by atoms with E-state index in [1.165, 1.54) is 36.4 Å². The van der Waals surface area contributed by atoms with Crippen molar-refractivity contribution in [3.05, 3.63) is 116 Å². The molecule has 0 fully saturated rings. The number of carbonyl (C=O) groups excluding carboxylic acids is 2. The van der Waals surface area contributed by atoms with Crippen molar-refractivity contribution in [3.63, 3.8) is 0 Å². The quantitative estimate of drug-likeness (QED) is 0.234. The average Bonchev–Trinajstić information content (AvgIpc) is 3.25. The zero-order valence-corrected chi connectivity index (χ0v) is 18.1. The van der Waals surface area contributed by atoms with Crippen molar-refractivity contribution in [2.45, 2.75) is 6.92 Å². The first-order valence-electron chi connectivity index (χ1n) is 10.1. The molecule has 0 aliphatic rings. The minimum atomic E-state index is -1.10. The van der Waals surface area contributed by atoms with Gasteiger partial charge in [-0.3, -0.25) is 29.8 Å². The number of nitrogens with zero attached hydrogens (tertiary/aromatic N) is 6. The van der Waals surface area contributed by atoms with Gasteiger partial charge in [-0.05, 0) is 24.3 Å². The van der Waals surface area contributed by atoms with Crippen LogP contribution in [0.2, 0.25) is 0 Å². The zero-order chi connectivity index (χ0) is 25.1. The van der Waals surface area contributed by atoms with Crippen LogP contribution in [0.25, 0.3) is 11.3 Å². The van der Waals surface area contributed by atoms with Gasteiger partial charge >= 0.3 is 0 Å². The molecule has 0 saturated carbocycles. The van der Waals surface area contributed by atoms with Gasteiger partial charge in [0.25, 0.3) is 23.2 Å². The number of amides is 2. The number of nitro benzene ring substituents is 2. The molecule has 0 atom stereocenters. The van der Waals surface area contributed by atoms with Gasteiger partial charge in [0.1, 0.15) is 16.8 Å². The van der Waals surface area contributed by atoms with Crippen LogP contribution in [-0.2, 0) is 0 Å². The van der Waals surface area contributed by atoms with Crippen LogP contribution in [0.1, 0.15) is 26.4 Å². The van der Waals surface area contributed by atoms with E-state index in [0.29, 0.717) is 16.3 Å². The number of benzene rings is 3. The summed E-state index contributed by atoms with van der Waals surface area (Å²) in [7, 11) is 0. The standard InChI is InChI=1S/C23H16N6O6/c1-15-21(16-9-3-2-4-10-16)24-25-27(15)26(22(30)17-11-5-7-13-19(17)28(32)33)23(31)18-12-6-8-14-20(18)29(34)35/h2-14H,1H3. The highest BCUT2D eigenvalue weighted by Crippen LogP contribution is 2.26. The van der Waals surface area contributed by atoms with E-state index >= 15 is 0 Å². The summed E-state index contributed by atoms with van der Waals surface area (Å²) in [5.41, 5.74) is -0.636. The van der Waals surface area contributed by atoms with E-state index in [0.717, 1.165) is 16.9 Å². The minimum Gasteiger partial charge on any atom is -0.266 e. The molecule has 0 spiro atoms. The van der Waals surface area contributed by atoms with E-state index < -0.39 is 44.2 Å². The number of nitro groups is 2. The Balaban J connectivity index is 1.92. The van der Waals surface area contributed by atoms with Crippen LogP contribution in [0, 0.1) is 27.2 Å². The molecule has 0 saturated heterocycles. The van der Waals surface area contributed by atoms with Crippen molar-refractivity contribution in [1.29, 1.82) is 0 Å². The van der Waals surface area contributed by atoms with Gasteiger partial charge in [0.15, 0.2) is 0 Å². The van der Waals surface area contributed by atoms with Gasteiger partial charge in [-0.25, -0.2) is 0 Å². The number of para-hydroxylation sites is 2. The maximum absolute atomic E-state index is 13.6. The third-order valence-corrected chi connectivity index (χ3v) is 5.16. The van der Waals surface area contributed by atoms with E-state index in [4.69, 9.17) is 0 Å². The highest BCUT2D eigenvalue weighted by atomic mass is 16.6. The lowest BCUT2D eigenvalue weighted by Gasteiger charge is -2.21. The maximum Gasteiger partial charge on any atom is 0.288 e. The molecule has 174 valence electrons. The minimum absolute atomic E-state index is 0.259. The van der Waals surface area contributed by atoms with Crippen LogP contribution >= 0.6 is 0 Å². The second-order valence-electron chi connectivity index (χ2n) is 7.25. The molecule has 0 radical (unpaired) electrons. The average molecular weight is 472 g/mol. The van der Waals surface area contributed by atoms with Crippen molar-refractivity contribution >= 4 is 23.2 Å². The van der Waals surface area contributed by atoms with Gasteiger partial charge in [0.2, 0.25) is 0 Å². The molecule has 0 N–H and O–H groups in total. The Bertz CT molecular complexity index is 1400. The van der Waals surface area contributed by atoms with Crippen LogP contribution in [-0.4, -0.2) is 36.8 Å². The first-order valence-corrected chi connectivity index (χ1v) is 10.1. The molecule has 1 aromatic heterocycles. The van der Waals surface area contributed by atoms with Crippen molar-refractivity contribution in [1.82, 2.24) is 15.1 Å². The van der Waals surface area contributed by atoms with Gasteiger partial charge in [-0.2, -0.15) is 5.01 Å². The van der Waals surface area contributed by atoms with E-state index in [-0.39, 0.29) is 5.69 Å². The largest absolute Gasteiger partial charge is 0.288 e. The molecule has 0 aliphatic carbocycles. The maximum atomic E-state index is 13.6. The fourth-order valence-corrected chi connectivity index (χ4v) is 3.49. The molecule has 3 aromatic carbocycles. The van der Waals surface area contributed by atoms with E-state index in [1.807, 2.05) is 0 Å². The summed E-state index contributed by atoms with van der Waals surface area (Å²) in [6, 6.07) is 19.0. The Labute approximate surface area is 197 Å². The molecular weight excluding hydrogens is 456 g/mol. The molecule has 4 rings (SSSR count). The third-order valence-electron chi connectivity index (χ3n) is 5.16. The molecule has 12 nitrogen and oxygen atoms in total. The van der Waals surface area contributed by atoms with Gasteiger partial charge in [-0.1, -0.05) is 54.6 Å². The van der Waals surface area contributed by atoms with E-state index in [2.05, 4.69) is 10.3 Å². The number of imide groups is 1. The first-order chi connectivity index (χ1) is 16.8. The lowest BCUT2D eigenvalue weighted by molar-refractivity contribution is -0.385. The summed E-state index contributed by atoms with van der Waals surface area (Å²) in [5, 5.41) is 31.6. The lowest BCUT2D eigenvalue weighted by Crippen LogP contribution is -2.47. The van der Waals surface area contributed by atoms with Crippen molar-refractivity contribution < 1.29 is 19.4 Å². The number of hydrogen-bond acceptors (Lipinski definition) is 8. The smallest absolute Gasteiger partial charge is 0.266 e. The molecule has 0 unspecified atom stereocenters. The Morgan fingerprint density at radius 1 is 0.771 bits per heavy atom. The highest BCUT2D eigenvalue weighted by Gasteiger charge is 2.35. The molecule has 4 aromatic rings. The summed E-state index contributed by atoms with van der Waals surface area (Å²) in [6.45, 7) is 1.55. The second-order valence-corrected chi connectivity index (χ2v) is 7.25. The predicted octanol–water partition coefficient (Wildman–Crippen LogP) is 3.69. The summed E-state index contributed by atoms with van der Waals surface area (Å²) in [4.78, 5) is 49.7. The van der Waals surface area contributed by atoms with Crippen LogP contribution in [0.3, 0.4) is 0 Å². The highest BCUT2D eigenvalue weighted by molar-refractivity contribution is 6.23. The number of aromatic nitrogens is 3. The molecule has 0 aliphatic heterocycles. The van der Waals surface area contributed by atoms with Crippen molar-refractivity contribution in [2.24, 2.45) is 0 Å². The van der Waals surface area contributed by atoms with Gasteiger partial charge in [-0.15, -0.1) is 9.89 Å². The fourth-order valence-electron chi connectivity index (χ4n) is 3.49. The lowest BCUT2D eigenvalue weighted by atomic mass is 10.1. The molecule has 0 bridgehead atoms. The topological polar surface area (TPSA) is 154 Å². The van der Waals surface area contributed by atoms with Crippen molar-refractivity contribution in [2.75, 3.05) is 5.01 Å². The predicted molar refractivity (Wildman–Crippen MR) is 123 cm³/mol.